The highest BCUT2D eigenvalue weighted by Gasteiger charge is 2.39. The summed E-state index contributed by atoms with van der Waals surface area (Å²) in [6.07, 6.45) is 1.50. The van der Waals surface area contributed by atoms with Gasteiger partial charge in [0.25, 0.3) is 0 Å². The van der Waals surface area contributed by atoms with Gasteiger partial charge < -0.3 is 9.47 Å². The van der Waals surface area contributed by atoms with Gasteiger partial charge in [-0.05, 0) is 12.8 Å². The highest BCUT2D eigenvalue weighted by atomic mass is 32.2. The van der Waals surface area contributed by atoms with Crippen molar-refractivity contribution in [3.05, 3.63) is 17.9 Å². The maximum atomic E-state index is 14.2. The number of nitriles is 1. The Hall–Kier alpha value is -1.85. The zero-order valence-electron chi connectivity index (χ0n) is 12.4. The quantitative estimate of drug-likeness (QED) is 0.764. The summed E-state index contributed by atoms with van der Waals surface area (Å²) in [6.45, 7) is 0.0529. The van der Waals surface area contributed by atoms with E-state index in [1.807, 2.05) is 6.07 Å². The van der Waals surface area contributed by atoms with Crippen LogP contribution < -0.4 is 9.47 Å². The minimum atomic E-state index is -4.03. The molecule has 1 aromatic rings. The van der Waals surface area contributed by atoms with Crippen molar-refractivity contribution in [1.82, 2.24) is 4.31 Å². The van der Waals surface area contributed by atoms with Gasteiger partial charge in [0.15, 0.2) is 11.5 Å². The van der Waals surface area contributed by atoms with Gasteiger partial charge in [0.2, 0.25) is 10.0 Å². The van der Waals surface area contributed by atoms with Gasteiger partial charge in [-0.15, -0.1) is 0 Å². The standard InChI is InChI=1S/C14H17FN2O4S/c1-20-12-8-11(15)14(9-13(12)21-2)22(18,19)17(7-3-6-16)10-4-5-10/h8-10H,3-5,7H2,1-2H3. The first-order valence-electron chi connectivity index (χ1n) is 6.76. The number of halogens is 1. The lowest BCUT2D eigenvalue weighted by atomic mass is 10.3. The number of hydrogen-bond acceptors (Lipinski definition) is 5. The molecule has 22 heavy (non-hydrogen) atoms. The maximum absolute atomic E-state index is 14.2. The van der Waals surface area contributed by atoms with Crippen LogP contribution in [0.1, 0.15) is 19.3 Å². The number of hydrogen-bond donors (Lipinski definition) is 0. The fourth-order valence-corrected chi connectivity index (χ4v) is 3.93. The number of rotatable bonds is 7. The third kappa shape index (κ3) is 3.15. The highest BCUT2D eigenvalue weighted by Crippen LogP contribution is 2.37. The Balaban J connectivity index is 2.45. The van der Waals surface area contributed by atoms with E-state index >= 15 is 0 Å². The Labute approximate surface area is 129 Å². The number of nitrogens with zero attached hydrogens (tertiary/aromatic N) is 2. The topological polar surface area (TPSA) is 79.6 Å². The number of sulfonamides is 1. The molecule has 0 atom stereocenters. The lowest BCUT2D eigenvalue weighted by molar-refractivity contribution is 0.349. The van der Waals surface area contributed by atoms with Crippen molar-refractivity contribution in [2.45, 2.75) is 30.2 Å². The van der Waals surface area contributed by atoms with Crippen molar-refractivity contribution in [2.24, 2.45) is 0 Å². The molecule has 0 spiro atoms. The summed E-state index contributed by atoms with van der Waals surface area (Å²) in [5.41, 5.74) is 0. The van der Waals surface area contributed by atoms with Crippen LogP contribution in [-0.2, 0) is 10.0 Å². The second kappa shape index (κ2) is 6.50. The van der Waals surface area contributed by atoms with Gasteiger partial charge in [-0.3, -0.25) is 0 Å². The minimum Gasteiger partial charge on any atom is -0.493 e. The molecule has 0 radical (unpaired) electrons. The van der Waals surface area contributed by atoms with Crippen LogP contribution in [0.25, 0.3) is 0 Å². The van der Waals surface area contributed by atoms with Gasteiger partial charge in [-0.1, -0.05) is 0 Å². The van der Waals surface area contributed by atoms with E-state index in [2.05, 4.69) is 0 Å². The van der Waals surface area contributed by atoms with E-state index in [1.165, 1.54) is 18.5 Å². The SMILES string of the molecule is COc1cc(F)c(S(=O)(=O)N(CCC#N)C2CC2)cc1OC. The van der Waals surface area contributed by atoms with Gasteiger partial charge in [0, 0.05) is 31.1 Å². The normalized spacial score (nSPS) is 14.7. The van der Waals surface area contributed by atoms with E-state index in [4.69, 9.17) is 14.7 Å². The molecule has 0 bridgehead atoms. The predicted octanol–water partition coefficient (Wildman–Crippen LogP) is 1.91. The maximum Gasteiger partial charge on any atom is 0.246 e. The van der Waals surface area contributed by atoms with E-state index in [-0.39, 0.29) is 30.5 Å². The number of benzene rings is 1. The van der Waals surface area contributed by atoms with E-state index < -0.39 is 20.7 Å². The molecule has 1 saturated carbocycles. The summed E-state index contributed by atoms with van der Waals surface area (Å²) in [5.74, 6) is -0.646. The average Bonchev–Trinajstić information content (AvgIpc) is 3.31. The summed E-state index contributed by atoms with van der Waals surface area (Å²) in [6, 6.07) is 3.86. The molecular formula is C14H17FN2O4S. The average molecular weight is 328 g/mol. The smallest absolute Gasteiger partial charge is 0.246 e. The molecule has 0 heterocycles. The Morgan fingerprint density at radius 1 is 1.32 bits per heavy atom. The predicted molar refractivity (Wildman–Crippen MR) is 76.6 cm³/mol. The summed E-state index contributed by atoms with van der Waals surface area (Å²) in [4.78, 5) is -0.463. The molecule has 0 saturated heterocycles. The third-order valence-corrected chi connectivity index (χ3v) is 5.39. The minimum absolute atomic E-state index is 0.0529. The van der Waals surface area contributed by atoms with Crippen LogP contribution in [0.5, 0.6) is 11.5 Å². The fourth-order valence-electron chi connectivity index (χ4n) is 2.18. The first kappa shape index (κ1) is 16.5. The summed E-state index contributed by atoms with van der Waals surface area (Å²) in [7, 11) is -1.34. The third-order valence-electron chi connectivity index (χ3n) is 3.42. The first-order chi connectivity index (χ1) is 10.5. The first-order valence-corrected chi connectivity index (χ1v) is 8.20. The largest absolute Gasteiger partial charge is 0.493 e. The zero-order chi connectivity index (χ0) is 16.3. The second-order valence-corrected chi connectivity index (χ2v) is 6.75. The van der Waals surface area contributed by atoms with Crippen LogP contribution in [0.15, 0.2) is 17.0 Å². The van der Waals surface area contributed by atoms with Crippen LogP contribution in [-0.4, -0.2) is 39.5 Å². The second-order valence-electron chi connectivity index (χ2n) is 4.89. The van der Waals surface area contributed by atoms with Gasteiger partial charge in [0.05, 0.1) is 20.3 Å². The summed E-state index contributed by atoms with van der Waals surface area (Å²) in [5, 5.41) is 8.68. The van der Waals surface area contributed by atoms with Crippen LogP contribution in [0.2, 0.25) is 0 Å². The van der Waals surface area contributed by atoms with E-state index in [1.54, 1.807) is 0 Å². The van der Waals surface area contributed by atoms with Crippen LogP contribution >= 0.6 is 0 Å². The Morgan fingerprint density at radius 3 is 2.41 bits per heavy atom. The molecule has 0 unspecified atom stereocenters. The van der Waals surface area contributed by atoms with Gasteiger partial charge in [0.1, 0.15) is 10.7 Å². The van der Waals surface area contributed by atoms with Crippen molar-refractivity contribution < 1.29 is 22.3 Å². The lowest BCUT2D eigenvalue weighted by Gasteiger charge is -2.21. The molecule has 120 valence electrons. The van der Waals surface area contributed by atoms with Crippen LogP contribution in [0.4, 0.5) is 4.39 Å². The molecule has 0 aromatic heterocycles. The molecule has 1 aliphatic rings. The number of methoxy groups -OCH3 is 2. The fraction of sp³-hybridized carbons (Fsp3) is 0.500. The molecule has 1 fully saturated rings. The molecule has 0 amide bonds. The Kier molecular flexibility index (Phi) is 4.88. The van der Waals surface area contributed by atoms with E-state index in [9.17, 15) is 12.8 Å². The molecular weight excluding hydrogens is 311 g/mol. The Bertz CT molecular complexity index is 696. The van der Waals surface area contributed by atoms with Crippen molar-refractivity contribution >= 4 is 10.0 Å². The number of ether oxygens (including phenoxy) is 2. The van der Waals surface area contributed by atoms with Gasteiger partial charge in [-0.2, -0.15) is 9.57 Å². The molecule has 0 N–H and O–H groups in total. The van der Waals surface area contributed by atoms with Gasteiger partial charge in [-0.25, -0.2) is 12.8 Å². The van der Waals surface area contributed by atoms with Crippen molar-refractivity contribution in [3.63, 3.8) is 0 Å². The van der Waals surface area contributed by atoms with Crippen molar-refractivity contribution in [1.29, 1.82) is 5.26 Å². The monoisotopic (exact) mass is 328 g/mol. The van der Waals surface area contributed by atoms with E-state index in [0.717, 1.165) is 25.0 Å². The van der Waals surface area contributed by atoms with Crippen molar-refractivity contribution in [2.75, 3.05) is 20.8 Å². The molecule has 2 rings (SSSR count). The van der Waals surface area contributed by atoms with Crippen LogP contribution in [0.3, 0.4) is 0 Å². The highest BCUT2D eigenvalue weighted by molar-refractivity contribution is 7.89. The van der Waals surface area contributed by atoms with E-state index in [0.29, 0.717) is 0 Å². The van der Waals surface area contributed by atoms with Crippen LogP contribution in [0, 0.1) is 17.1 Å². The summed E-state index contributed by atoms with van der Waals surface area (Å²) < 4.78 is 50.8. The molecule has 1 aromatic carbocycles. The lowest BCUT2D eigenvalue weighted by Crippen LogP contribution is -2.34. The van der Waals surface area contributed by atoms with Crippen molar-refractivity contribution in [3.8, 4) is 17.6 Å². The molecule has 1 aliphatic carbocycles. The molecule has 0 aliphatic heterocycles. The summed E-state index contributed by atoms with van der Waals surface area (Å²) >= 11 is 0. The zero-order valence-corrected chi connectivity index (χ0v) is 13.2. The molecule has 6 nitrogen and oxygen atoms in total. The Morgan fingerprint density at radius 2 is 1.91 bits per heavy atom. The van der Waals surface area contributed by atoms with Gasteiger partial charge >= 0.3 is 0 Å². The molecule has 8 heteroatoms.